The molecule has 1 saturated heterocycles. The molecule has 0 atom stereocenters. The van der Waals surface area contributed by atoms with Gasteiger partial charge in [0.2, 0.25) is 0 Å². The van der Waals surface area contributed by atoms with Crippen LogP contribution in [0, 0.1) is 0 Å². The Morgan fingerprint density at radius 3 is 2.19 bits per heavy atom. The van der Waals surface area contributed by atoms with E-state index in [0.29, 0.717) is 43.2 Å². The summed E-state index contributed by atoms with van der Waals surface area (Å²) in [5.74, 6) is 0.302. The van der Waals surface area contributed by atoms with Crippen LogP contribution in [0.1, 0.15) is 15.9 Å². The summed E-state index contributed by atoms with van der Waals surface area (Å²) in [5, 5.41) is 0. The molecule has 0 aromatic heterocycles. The molecule has 0 bridgehead atoms. The van der Waals surface area contributed by atoms with Crippen molar-refractivity contribution in [3.63, 3.8) is 0 Å². The molecular formula is C26H23NO4. The van der Waals surface area contributed by atoms with Crippen LogP contribution in [-0.4, -0.2) is 43.1 Å². The summed E-state index contributed by atoms with van der Waals surface area (Å²) in [7, 11) is 0. The fourth-order valence-corrected chi connectivity index (χ4v) is 3.33. The van der Waals surface area contributed by atoms with E-state index in [1.807, 2.05) is 66.7 Å². The zero-order valence-corrected chi connectivity index (χ0v) is 17.1. The lowest BCUT2D eigenvalue weighted by Crippen LogP contribution is -2.42. The molecule has 5 nitrogen and oxygen atoms in total. The number of rotatable bonds is 5. The predicted molar refractivity (Wildman–Crippen MR) is 120 cm³/mol. The third-order valence-corrected chi connectivity index (χ3v) is 5.08. The smallest absolute Gasteiger partial charge is 0.410 e. The van der Waals surface area contributed by atoms with Crippen LogP contribution in [0.15, 0.2) is 84.9 Å². The van der Waals surface area contributed by atoms with Gasteiger partial charge >= 0.3 is 6.09 Å². The van der Waals surface area contributed by atoms with Gasteiger partial charge in [0, 0.05) is 24.2 Å². The topological polar surface area (TPSA) is 55.8 Å². The van der Waals surface area contributed by atoms with Crippen molar-refractivity contribution in [2.75, 3.05) is 26.3 Å². The number of hydrogen-bond acceptors (Lipinski definition) is 4. The minimum Gasteiger partial charge on any atom is -0.410 e. The Kier molecular flexibility index (Phi) is 6.55. The number of ether oxygens (including phenoxy) is 2. The molecule has 0 N–H and O–H groups in total. The second kappa shape index (κ2) is 9.87. The molecule has 31 heavy (non-hydrogen) atoms. The number of carbonyl (C=O) groups is 2. The van der Waals surface area contributed by atoms with Crippen LogP contribution in [0.4, 0.5) is 4.79 Å². The highest BCUT2D eigenvalue weighted by atomic mass is 16.6. The van der Waals surface area contributed by atoms with Crippen molar-refractivity contribution in [3.8, 4) is 16.9 Å². The van der Waals surface area contributed by atoms with Gasteiger partial charge in [-0.15, -0.1) is 0 Å². The second-order valence-corrected chi connectivity index (χ2v) is 7.15. The molecule has 3 aromatic carbocycles. The highest BCUT2D eigenvalue weighted by molar-refractivity contribution is 6.07. The van der Waals surface area contributed by atoms with Crippen LogP contribution < -0.4 is 4.74 Å². The van der Waals surface area contributed by atoms with E-state index in [1.54, 1.807) is 23.1 Å². The molecule has 156 valence electrons. The summed E-state index contributed by atoms with van der Waals surface area (Å²) < 4.78 is 10.8. The summed E-state index contributed by atoms with van der Waals surface area (Å²) in [6.07, 6.45) is 2.76. The van der Waals surface area contributed by atoms with Crippen molar-refractivity contribution >= 4 is 18.0 Å². The monoisotopic (exact) mass is 413 g/mol. The van der Waals surface area contributed by atoms with Crippen molar-refractivity contribution < 1.29 is 19.1 Å². The van der Waals surface area contributed by atoms with Gasteiger partial charge in [0.1, 0.15) is 5.75 Å². The zero-order chi connectivity index (χ0) is 21.5. The molecule has 1 aliphatic rings. The molecular weight excluding hydrogens is 390 g/mol. The van der Waals surface area contributed by atoms with Crippen molar-refractivity contribution in [3.05, 3.63) is 96.1 Å². The van der Waals surface area contributed by atoms with E-state index in [1.165, 1.54) is 6.08 Å². The Labute approximate surface area is 181 Å². The average molecular weight is 413 g/mol. The maximum absolute atomic E-state index is 12.6. The number of carbonyl (C=O) groups excluding carboxylic acids is 2. The Hall–Kier alpha value is -3.70. The summed E-state index contributed by atoms with van der Waals surface area (Å²) in [5.41, 5.74) is 3.42. The maximum Gasteiger partial charge on any atom is 0.415 e. The van der Waals surface area contributed by atoms with Gasteiger partial charge < -0.3 is 14.4 Å². The minimum atomic E-state index is -0.410. The fraction of sp³-hybridized carbons (Fsp3) is 0.154. The van der Waals surface area contributed by atoms with Gasteiger partial charge in [0.25, 0.3) is 0 Å². The van der Waals surface area contributed by atoms with Crippen LogP contribution >= 0.6 is 0 Å². The third-order valence-electron chi connectivity index (χ3n) is 5.08. The first-order chi connectivity index (χ1) is 15.2. The molecule has 1 fully saturated rings. The summed E-state index contributed by atoms with van der Waals surface area (Å²) in [6, 6.07) is 24.7. The molecule has 1 heterocycles. The van der Waals surface area contributed by atoms with Gasteiger partial charge in [-0.1, -0.05) is 72.8 Å². The summed E-state index contributed by atoms with van der Waals surface area (Å²) in [4.78, 5) is 26.6. The molecule has 1 aliphatic heterocycles. The predicted octanol–water partition coefficient (Wildman–Crippen LogP) is 5.08. The Balaban J connectivity index is 1.44. The number of benzene rings is 3. The number of hydrogen-bond donors (Lipinski definition) is 0. The molecule has 0 unspecified atom stereocenters. The number of ketones is 1. The molecule has 1 amide bonds. The number of para-hydroxylation sites is 1. The van der Waals surface area contributed by atoms with Crippen LogP contribution in [0.2, 0.25) is 0 Å². The molecule has 4 rings (SSSR count). The van der Waals surface area contributed by atoms with Crippen LogP contribution in [0.25, 0.3) is 17.2 Å². The van der Waals surface area contributed by atoms with Crippen molar-refractivity contribution in [1.29, 1.82) is 0 Å². The maximum atomic E-state index is 12.6. The summed E-state index contributed by atoms with van der Waals surface area (Å²) >= 11 is 0. The molecule has 0 radical (unpaired) electrons. The van der Waals surface area contributed by atoms with Gasteiger partial charge in [-0.2, -0.15) is 0 Å². The number of amides is 1. The first kappa shape index (κ1) is 20.6. The zero-order valence-electron chi connectivity index (χ0n) is 17.1. The van der Waals surface area contributed by atoms with Crippen molar-refractivity contribution in [1.82, 2.24) is 4.90 Å². The Bertz CT molecular complexity index is 1070. The second-order valence-electron chi connectivity index (χ2n) is 7.15. The lowest BCUT2D eigenvalue weighted by molar-refractivity contribution is 0.0416. The first-order valence-corrected chi connectivity index (χ1v) is 10.2. The van der Waals surface area contributed by atoms with Gasteiger partial charge in [0.05, 0.1) is 13.2 Å². The van der Waals surface area contributed by atoms with Crippen LogP contribution in [-0.2, 0) is 4.74 Å². The van der Waals surface area contributed by atoms with Gasteiger partial charge in [-0.05, 0) is 29.3 Å². The molecule has 0 spiro atoms. The van der Waals surface area contributed by atoms with E-state index >= 15 is 0 Å². The number of allylic oxidation sites excluding steroid dienone is 1. The molecule has 0 aliphatic carbocycles. The largest absolute Gasteiger partial charge is 0.415 e. The van der Waals surface area contributed by atoms with E-state index < -0.39 is 6.09 Å². The van der Waals surface area contributed by atoms with E-state index in [9.17, 15) is 9.59 Å². The van der Waals surface area contributed by atoms with Gasteiger partial charge in [0.15, 0.2) is 5.78 Å². The van der Waals surface area contributed by atoms with Crippen LogP contribution in [0.3, 0.4) is 0 Å². The van der Waals surface area contributed by atoms with E-state index in [4.69, 9.17) is 9.47 Å². The lowest BCUT2D eigenvalue weighted by atomic mass is 10.0. The standard InChI is InChI=1S/C26H23NO4/c28-24(22-12-10-21(11-13-22)20-6-2-1-3-7-20)15-14-23-8-4-5-9-25(23)31-26(29)27-16-18-30-19-17-27/h1-15H,16-19H2. The molecule has 0 saturated carbocycles. The highest BCUT2D eigenvalue weighted by Gasteiger charge is 2.19. The third kappa shape index (κ3) is 5.27. The van der Waals surface area contributed by atoms with E-state index in [2.05, 4.69) is 0 Å². The van der Waals surface area contributed by atoms with E-state index in [0.717, 1.165) is 11.1 Å². The van der Waals surface area contributed by atoms with E-state index in [-0.39, 0.29) is 5.78 Å². The molecule has 3 aromatic rings. The Morgan fingerprint density at radius 1 is 0.806 bits per heavy atom. The van der Waals surface area contributed by atoms with Gasteiger partial charge in [-0.25, -0.2) is 4.79 Å². The van der Waals surface area contributed by atoms with Crippen molar-refractivity contribution in [2.24, 2.45) is 0 Å². The van der Waals surface area contributed by atoms with Gasteiger partial charge in [-0.3, -0.25) is 4.79 Å². The normalized spacial score (nSPS) is 13.9. The quantitative estimate of drug-likeness (QED) is 0.432. The van der Waals surface area contributed by atoms with Crippen LogP contribution in [0.5, 0.6) is 5.75 Å². The molecule has 5 heteroatoms. The van der Waals surface area contributed by atoms with Crippen molar-refractivity contribution in [2.45, 2.75) is 0 Å². The fourth-order valence-electron chi connectivity index (χ4n) is 3.33. The summed E-state index contributed by atoms with van der Waals surface area (Å²) in [6.45, 7) is 2.03. The highest BCUT2D eigenvalue weighted by Crippen LogP contribution is 2.22. The Morgan fingerprint density at radius 2 is 1.45 bits per heavy atom. The number of morpholine rings is 1. The average Bonchev–Trinajstić information content (AvgIpc) is 2.84. The lowest BCUT2D eigenvalue weighted by Gasteiger charge is -2.26. The number of nitrogens with zero attached hydrogens (tertiary/aromatic N) is 1. The minimum absolute atomic E-state index is 0.117. The first-order valence-electron chi connectivity index (χ1n) is 10.2. The SMILES string of the molecule is O=C(C=Cc1ccccc1OC(=O)N1CCOCC1)c1ccc(-c2ccccc2)cc1.